The molecule has 0 spiro atoms. The van der Waals surface area contributed by atoms with Gasteiger partial charge in [0.1, 0.15) is 0 Å². The molecule has 1 unspecified atom stereocenters. The van der Waals surface area contributed by atoms with E-state index in [0.29, 0.717) is 12.1 Å². The highest BCUT2D eigenvalue weighted by molar-refractivity contribution is 4.78. The predicted octanol–water partition coefficient (Wildman–Crippen LogP) is 2.87. The molecule has 0 bridgehead atoms. The quantitative estimate of drug-likeness (QED) is 0.736. The Morgan fingerprint density at radius 3 is 2.00 bits per heavy atom. The first-order chi connectivity index (χ1) is 6.79. The van der Waals surface area contributed by atoms with E-state index in [-0.39, 0.29) is 5.41 Å². The summed E-state index contributed by atoms with van der Waals surface area (Å²) in [5, 5.41) is 0. The zero-order valence-corrected chi connectivity index (χ0v) is 11.5. The number of nitrogens with zero attached hydrogens (tertiary/aromatic N) is 1. The Morgan fingerprint density at radius 2 is 1.67 bits per heavy atom. The molecule has 0 saturated heterocycles. The van der Waals surface area contributed by atoms with Crippen LogP contribution in [0.4, 0.5) is 0 Å². The van der Waals surface area contributed by atoms with Crippen molar-refractivity contribution in [2.24, 2.45) is 11.1 Å². The summed E-state index contributed by atoms with van der Waals surface area (Å²) in [5.74, 6) is 0. The van der Waals surface area contributed by atoms with Gasteiger partial charge < -0.3 is 10.6 Å². The van der Waals surface area contributed by atoms with Gasteiger partial charge in [0.25, 0.3) is 0 Å². The smallest absolute Gasteiger partial charge is 0.00998 e. The van der Waals surface area contributed by atoms with Gasteiger partial charge in [-0.15, -0.1) is 0 Å². The largest absolute Gasteiger partial charge is 0.327 e. The minimum absolute atomic E-state index is 0.231. The molecule has 0 fully saturated rings. The SMILES string of the molecule is CCCN(CCC(N)C(C)(C)C)C(C)C. The standard InChI is InChI=1S/C13H30N2/c1-7-9-15(11(2)3)10-8-12(14)13(4,5)6/h11-12H,7-10,14H2,1-6H3. The van der Waals surface area contributed by atoms with Crippen LogP contribution < -0.4 is 5.73 Å². The van der Waals surface area contributed by atoms with Crippen molar-refractivity contribution in [3.63, 3.8) is 0 Å². The van der Waals surface area contributed by atoms with Gasteiger partial charge in [0.05, 0.1) is 0 Å². The molecular formula is C13H30N2. The number of hydrogen-bond acceptors (Lipinski definition) is 2. The fourth-order valence-electron chi connectivity index (χ4n) is 1.65. The summed E-state index contributed by atoms with van der Waals surface area (Å²) in [6, 6.07) is 0.938. The molecule has 0 aromatic heterocycles. The highest BCUT2D eigenvalue weighted by Gasteiger charge is 2.21. The fraction of sp³-hybridized carbons (Fsp3) is 1.00. The van der Waals surface area contributed by atoms with Crippen molar-refractivity contribution in [3.8, 4) is 0 Å². The number of hydrogen-bond donors (Lipinski definition) is 1. The van der Waals surface area contributed by atoms with E-state index in [9.17, 15) is 0 Å². The van der Waals surface area contributed by atoms with Crippen molar-refractivity contribution >= 4 is 0 Å². The van der Waals surface area contributed by atoms with Crippen molar-refractivity contribution in [3.05, 3.63) is 0 Å². The van der Waals surface area contributed by atoms with E-state index >= 15 is 0 Å². The lowest BCUT2D eigenvalue weighted by Crippen LogP contribution is -2.40. The van der Waals surface area contributed by atoms with Crippen LogP contribution in [0.5, 0.6) is 0 Å². The maximum Gasteiger partial charge on any atom is 0.00998 e. The zero-order valence-electron chi connectivity index (χ0n) is 11.5. The Labute approximate surface area is 96.2 Å². The molecule has 92 valence electrons. The summed E-state index contributed by atoms with van der Waals surface area (Å²) < 4.78 is 0. The molecule has 0 radical (unpaired) electrons. The molecule has 0 heterocycles. The van der Waals surface area contributed by atoms with E-state index < -0.39 is 0 Å². The lowest BCUT2D eigenvalue weighted by Gasteiger charge is -2.31. The highest BCUT2D eigenvalue weighted by Crippen LogP contribution is 2.20. The van der Waals surface area contributed by atoms with E-state index in [1.807, 2.05) is 0 Å². The van der Waals surface area contributed by atoms with Gasteiger partial charge in [-0.1, -0.05) is 27.7 Å². The monoisotopic (exact) mass is 214 g/mol. The lowest BCUT2D eigenvalue weighted by molar-refractivity contribution is 0.193. The van der Waals surface area contributed by atoms with Gasteiger partial charge in [-0.3, -0.25) is 0 Å². The second-order valence-electron chi connectivity index (χ2n) is 5.89. The Hall–Kier alpha value is -0.0800. The zero-order chi connectivity index (χ0) is 12.1. The molecule has 15 heavy (non-hydrogen) atoms. The molecule has 1 atom stereocenters. The first kappa shape index (κ1) is 14.9. The molecule has 0 aliphatic carbocycles. The van der Waals surface area contributed by atoms with E-state index in [1.165, 1.54) is 13.0 Å². The molecule has 0 saturated carbocycles. The van der Waals surface area contributed by atoms with Crippen LogP contribution in [-0.4, -0.2) is 30.1 Å². The third-order valence-corrected chi connectivity index (χ3v) is 3.08. The van der Waals surface area contributed by atoms with Crippen LogP contribution in [0.15, 0.2) is 0 Å². The Balaban J connectivity index is 3.99. The average molecular weight is 214 g/mol. The van der Waals surface area contributed by atoms with Gasteiger partial charge in [0, 0.05) is 12.1 Å². The lowest BCUT2D eigenvalue weighted by atomic mass is 9.85. The summed E-state index contributed by atoms with van der Waals surface area (Å²) in [7, 11) is 0. The highest BCUT2D eigenvalue weighted by atomic mass is 15.1. The van der Waals surface area contributed by atoms with Gasteiger partial charge in [-0.25, -0.2) is 0 Å². The molecule has 2 N–H and O–H groups in total. The van der Waals surface area contributed by atoms with E-state index in [1.54, 1.807) is 0 Å². The Morgan fingerprint density at radius 1 is 1.13 bits per heavy atom. The van der Waals surface area contributed by atoms with Crippen LogP contribution in [0.3, 0.4) is 0 Å². The topological polar surface area (TPSA) is 29.3 Å². The van der Waals surface area contributed by atoms with Crippen LogP contribution in [0, 0.1) is 5.41 Å². The summed E-state index contributed by atoms with van der Waals surface area (Å²) in [6.45, 7) is 15.7. The van der Waals surface area contributed by atoms with Crippen molar-refractivity contribution in [2.75, 3.05) is 13.1 Å². The van der Waals surface area contributed by atoms with Gasteiger partial charge in [0.15, 0.2) is 0 Å². The number of rotatable bonds is 6. The molecule has 0 aliphatic rings. The van der Waals surface area contributed by atoms with Crippen molar-refractivity contribution in [1.82, 2.24) is 4.90 Å². The van der Waals surface area contributed by atoms with Crippen molar-refractivity contribution in [1.29, 1.82) is 0 Å². The van der Waals surface area contributed by atoms with Gasteiger partial charge in [-0.05, 0) is 45.2 Å². The molecule has 2 heteroatoms. The molecule has 0 aromatic carbocycles. The average Bonchev–Trinajstić information content (AvgIpc) is 2.09. The van der Waals surface area contributed by atoms with Crippen LogP contribution in [0.2, 0.25) is 0 Å². The van der Waals surface area contributed by atoms with Crippen molar-refractivity contribution < 1.29 is 0 Å². The molecule has 0 rings (SSSR count). The summed E-state index contributed by atoms with van der Waals surface area (Å²) >= 11 is 0. The van der Waals surface area contributed by atoms with Gasteiger partial charge >= 0.3 is 0 Å². The molecular weight excluding hydrogens is 184 g/mol. The van der Waals surface area contributed by atoms with Crippen LogP contribution in [-0.2, 0) is 0 Å². The summed E-state index contributed by atoms with van der Waals surface area (Å²) in [5.41, 5.74) is 6.40. The van der Waals surface area contributed by atoms with E-state index in [0.717, 1.165) is 13.0 Å². The Kier molecular flexibility index (Phi) is 6.46. The summed E-state index contributed by atoms with van der Waals surface area (Å²) in [4.78, 5) is 2.52. The minimum Gasteiger partial charge on any atom is -0.327 e. The first-order valence-corrected chi connectivity index (χ1v) is 6.28. The summed E-state index contributed by atoms with van der Waals surface area (Å²) in [6.07, 6.45) is 2.32. The second kappa shape index (κ2) is 6.49. The van der Waals surface area contributed by atoms with Crippen LogP contribution in [0.1, 0.15) is 54.4 Å². The predicted molar refractivity (Wildman–Crippen MR) is 69.0 cm³/mol. The third-order valence-electron chi connectivity index (χ3n) is 3.08. The molecule has 0 aliphatic heterocycles. The maximum atomic E-state index is 6.17. The normalized spacial score (nSPS) is 15.0. The van der Waals surface area contributed by atoms with E-state index in [4.69, 9.17) is 5.73 Å². The van der Waals surface area contributed by atoms with Gasteiger partial charge in [0.2, 0.25) is 0 Å². The molecule has 0 aromatic rings. The second-order valence-corrected chi connectivity index (χ2v) is 5.89. The fourth-order valence-corrected chi connectivity index (χ4v) is 1.65. The number of nitrogens with two attached hydrogens (primary N) is 1. The minimum atomic E-state index is 0.231. The first-order valence-electron chi connectivity index (χ1n) is 6.28. The maximum absolute atomic E-state index is 6.17. The van der Waals surface area contributed by atoms with Crippen LogP contribution in [0.25, 0.3) is 0 Å². The third kappa shape index (κ3) is 6.16. The molecule has 0 amide bonds. The molecule has 2 nitrogen and oxygen atoms in total. The van der Waals surface area contributed by atoms with E-state index in [2.05, 4.69) is 46.4 Å². The Bertz CT molecular complexity index is 158. The van der Waals surface area contributed by atoms with Gasteiger partial charge in [-0.2, -0.15) is 0 Å². The van der Waals surface area contributed by atoms with Crippen LogP contribution >= 0.6 is 0 Å². The van der Waals surface area contributed by atoms with Crippen molar-refractivity contribution in [2.45, 2.75) is 66.5 Å².